The van der Waals surface area contributed by atoms with Gasteiger partial charge in [0.2, 0.25) is 0 Å². The average molecular weight is 150 g/mol. The molecule has 0 N–H and O–H groups in total. The van der Waals surface area contributed by atoms with Crippen LogP contribution in [0, 0.1) is 6.92 Å². The Kier molecular flexibility index (Phi) is 2.26. The molecule has 0 aliphatic carbocycles. The molecule has 11 heavy (non-hydrogen) atoms. The monoisotopic (exact) mass is 150 g/mol. The fourth-order valence-electron chi connectivity index (χ4n) is 0.946. The van der Waals surface area contributed by atoms with E-state index in [0.717, 1.165) is 11.8 Å². The van der Waals surface area contributed by atoms with Gasteiger partial charge in [-0.3, -0.25) is 4.79 Å². The summed E-state index contributed by atoms with van der Waals surface area (Å²) in [6.45, 7) is 1.94. The Hall–Kier alpha value is -1.31. The molecule has 0 unspecified atom stereocenters. The molecule has 2 heteroatoms. The molecule has 0 amide bonds. The zero-order valence-electron chi connectivity index (χ0n) is 6.63. The van der Waals surface area contributed by atoms with Crippen LogP contribution in [0.15, 0.2) is 18.2 Å². The maximum absolute atomic E-state index is 10.5. The van der Waals surface area contributed by atoms with E-state index < -0.39 is 0 Å². The Morgan fingerprint density at radius 1 is 1.45 bits per heavy atom. The third-order valence-corrected chi connectivity index (χ3v) is 1.51. The molecule has 0 aliphatic heterocycles. The van der Waals surface area contributed by atoms with Gasteiger partial charge in [0, 0.05) is 0 Å². The molecule has 1 rings (SSSR count). The van der Waals surface area contributed by atoms with Gasteiger partial charge in [0.25, 0.3) is 0 Å². The number of benzene rings is 1. The Morgan fingerprint density at radius 3 is 2.73 bits per heavy atom. The van der Waals surface area contributed by atoms with Crippen molar-refractivity contribution >= 4 is 6.29 Å². The largest absolute Gasteiger partial charge is 0.496 e. The maximum atomic E-state index is 10.5. The fraction of sp³-hybridized carbons (Fsp3) is 0.222. The van der Waals surface area contributed by atoms with E-state index in [2.05, 4.69) is 0 Å². The SMILES string of the molecule is COc1ccc(C)cc1C=O. The molecule has 0 radical (unpaired) electrons. The van der Waals surface area contributed by atoms with E-state index in [0.29, 0.717) is 11.3 Å². The Balaban J connectivity index is 3.16. The lowest BCUT2D eigenvalue weighted by molar-refractivity contribution is 0.112. The molecule has 0 aliphatic rings. The van der Waals surface area contributed by atoms with Crippen molar-refractivity contribution in [3.8, 4) is 5.75 Å². The fourth-order valence-corrected chi connectivity index (χ4v) is 0.946. The topological polar surface area (TPSA) is 26.3 Å². The molecule has 0 bridgehead atoms. The summed E-state index contributed by atoms with van der Waals surface area (Å²) in [6, 6.07) is 5.50. The highest BCUT2D eigenvalue weighted by atomic mass is 16.5. The number of hydrogen-bond donors (Lipinski definition) is 0. The molecular formula is C9H10O2. The predicted molar refractivity (Wildman–Crippen MR) is 43.1 cm³/mol. The first kappa shape index (κ1) is 7.79. The minimum atomic E-state index is 0.604. The molecule has 0 fully saturated rings. The second kappa shape index (κ2) is 3.19. The smallest absolute Gasteiger partial charge is 0.153 e. The van der Waals surface area contributed by atoms with Gasteiger partial charge >= 0.3 is 0 Å². The van der Waals surface area contributed by atoms with Crippen LogP contribution >= 0.6 is 0 Å². The maximum Gasteiger partial charge on any atom is 0.153 e. The Morgan fingerprint density at radius 2 is 2.18 bits per heavy atom. The molecule has 0 spiro atoms. The summed E-state index contributed by atoms with van der Waals surface area (Å²) < 4.78 is 4.96. The van der Waals surface area contributed by atoms with Crippen molar-refractivity contribution in [2.24, 2.45) is 0 Å². The summed E-state index contributed by atoms with van der Waals surface area (Å²) in [5.41, 5.74) is 1.67. The summed E-state index contributed by atoms with van der Waals surface area (Å²) in [5.74, 6) is 0.630. The molecule has 1 aromatic rings. The number of ether oxygens (including phenoxy) is 1. The molecule has 0 heterocycles. The van der Waals surface area contributed by atoms with E-state index in [4.69, 9.17) is 4.74 Å². The number of aldehydes is 1. The Bertz CT molecular complexity index is 266. The second-order valence-electron chi connectivity index (χ2n) is 2.36. The van der Waals surface area contributed by atoms with Gasteiger partial charge in [-0.15, -0.1) is 0 Å². The van der Waals surface area contributed by atoms with E-state index in [1.807, 2.05) is 13.0 Å². The van der Waals surface area contributed by atoms with Crippen LogP contribution in [0.4, 0.5) is 0 Å². The van der Waals surface area contributed by atoms with Gasteiger partial charge in [-0.1, -0.05) is 11.6 Å². The normalized spacial score (nSPS) is 9.27. The summed E-state index contributed by atoms with van der Waals surface area (Å²) in [7, 11) is 1.55. The van der Waals surface area contributed by atoms with Gasteiger partial charge in [-0.05, 0) is 19.1 Å². The molecule has 0 saturated carbocycles. The summed E-state index contributed by atoms with van der Waals surface area (Å²) in [4.78, 5) is 10.5. The highest BCUT2D eigenvalue weighted by molar-refractivity contribution is 5.79. The second-order valence-corrected chi connectivity index (χ2v) is 2.36. The van der Waals surface area contributed by atoms with Crippen LogP contribution in [0.5, 0.6) is 5.75 Å². The average Bonchev–Trinajstić information content (AvgIpc) is 2.04. The molecule has 2 nitrogen and oxygen atoms in total. The van der Waals surface area contributed by atoms with Gasteiger partial charge in [0.15, 0.2) is 6.29 Å². The number of methoxy groups -OCH3 is 1. The van der Waals surface area contributed by atoms with Crippen molar-refractivity contribution in [2.45, 2.75) is 6.92 Å². The van der Waals surface area contributed by atoms with Crippen LogP contribution in [-0.2, 0) is 0 Å². The molecule has 0 saturated heterocycles. The lowest BCUT2D eigenvalue weighted by atomic mass is 10.1. The van der Waals surface area contributed by atoms with Crippen molar-refractivity contribution < 1.29 is 9.53 Å². The minimum Gasteiger partial charge on any atom is -0.496 e. The molecule has 58 valence electrons. The molecule has 0 aromatic heterocycles. The molecular weight excluding hydrogens is 140 g/mol. The number of aryl methyl sites for hydroxylation is 1. The number of carbonyl (C=O) groups excluding carboxylic acids is 1. The summed E-state index contributed by atoms with van der Waals surface area (Å²) >= 11 is 0. The zero-order chi connectivity index (χ0) is 8.27. The van der Waals surface area contributed by atoms with Crippen molar-refractivity contribution in [3.05, 3.63) is 29.3 Å². The number of carbonyl (C=O) groups is 1. The highest BCUT2D eigenvalue weighted by Crippen LogP contribution is 2.16. The van der Waals surface area contributed by atoms with Gasteiger partial charge in [0.05, 0.1) is 12.7 Å². The quantitative estimate of drug-likeness (QED) is 0.601. The van der Waals surface area contributed by atoms with Crippen molar-refractivity contribution in [1.82, 2.24) is 0 Å². The molecule has 0 atom stereocenters. The third-order valence-electron chi connectivity index (χ3n) is 1.51. The van der Waals surface area contributed by atoms with Crippen molar-refractivity contribution in [1.29, 1.82) is 0 Å². The number of rotatable bonds is 2. The summed E-state index contributed by atoms with van der Waals surface area (Å²) in [6.07, 6.45) is 0.797. The first-order valence-electron chi connectivity index (χ1n) is 3.37. The van der Waals surface area contributed by atoms with Crippen LogP contribution in [0.2, 0.25) is 0 Å². The van der Waals surface area contributed by atoms with Crippen LogP contribution in [-0.4, -0.2) is 13.4 Å². The van der Waals surface area contributed by atoms with E-state index in [1.165, 1.54) is 0 Å². The van der Waals surface area contributed by atoms with Crippen LogP contribution in [0.25, 0.3) is 0 Å². The predicted octanol–water partition coefficient (Wildman–Crippen LogP) is 1.82. The van der Waals surface area contributed by atoms with Gasteiger partial charge in [-0.2, -0.15) is 0 Å². The first-order valence-corrected chi connectivity index (χ1v) is 3.37. The van der Waals surface area contributed by atoms with Crippen LogP contribution in [0.3, 0.4) is 0 Å². The minimum absolute atomic E-state index is 0.604. The van der Waals surface area contributed by atoms with Crippen LogP contribution in [0.1, 0.15) is 15.9 Å². The lowest BCUT2D eigenvalue weighted by Crippen LogP contribution is -1.90. The lowest BCUT2D eigenvalue weighted by Gasteiger charge is -2.02. The third kappa shape index (κ3) is 1.58. The van der Waals surface area contributed by atoms with Gasteiger partial charge in [-0.25, -0.2) is 0 Å². The molecule has 1 aromatic carbocycles. The van der Waals surface area contributed by atoms with E-state index in [-0.39, 0.29) is 0 Å². The van der Waals surface area contributed by atoms with Crippen molar-refractivity contribution in [2.75, 3.05) is 7.11 Å². The summed E-state index contributed by atoms with van der Waals surface area (Å²) in [5, 5.41) is 0. The zero-order valence-corrected chi connectivity index (χ0v) is 6.63. The van der Waals surface area contributed by atoms with Gasteiger partial charge < -0.3 is 4.74 Å². The standard InChI is InChI=1S/C9H10O2/c1-7-3-4-9(11-2)8(5-7)6-10/h3-6H,1-2H3. The first-order chi connectivity index (χ1) is 5.27. The Labute approximate surface area is 65.8 Å². The van der Waals surface area contributed by atoms with Crippen LogP contribution < -0.4 is 4.74 Å². The van der Waals surface area contributed by atoms with Crippen molar-refractivity contribution in [3.63, 3.8) is 0 Å². The van der Waals surface area contributed by atoms with E-state index in [1.54, 1.807) is 19.2 Å². The van der Waals surface area contributed by atoms with Gasteiger partial charge in [0.1, 0.15) is 5.75 Å². The number of hydrogen-bond acceptors (Lipinski definition) is 2. The van der Waals surface area contributed by atoms with E-state index in [9.17, 15) is 4.79 Å². The highest BCUT2D eigenvalue weighted by Gasteiger charge is 1.99. The van der Waals surface area contributed by atoms with E-state index >= 15 is 0 Å².